The maximum Gasteiger partial charge on any atom is 0.111 e. The normalized spacial score (nSPS) is 28.6. The molecule has 12 heavy (non-hydrogen) atoms. The van der Waals surface area contributed by atoms with Gasteiger partial charge in [-0.1, -0.05) is 0 Å². The van der Waals surface area contributed by atoms with Crippen LogP contribution in [0.25, 0.3) is 0 Å². The van der Waals surface area contributed by atoms with Gasteiger partial charge in [-0.25, -0.2) is 0 Å². The molecular weight excluding hydrogens is 154 g/mol. The Balaban J connectivity index is 2.43. The van der Waals surface area contributed by atoms with Crippen molar-refractivity contribution in [2.45, 2.75) is 31.9 Å². The fourth-order valence-corrected chi connectivity index (χ4v) is 1.84. The van der Waals surface area contributed by atoms with E-state index in [2.05, 4.69) is 0 Å². The third-order valence-corrected chi connectivity index (χ3v) is 2.41. The summed E-state index contributed by atoms with van der Waals surface area (Å²) in [5.74, 6) is 0.860. The van der Waals surface area contributed by atoms with Crippen LogP contribution in [0.2, 0.25) is 0 Å². The summed E-state index contributed by atoms with van der Waals surface area (Å²) in [6, 6.07) is 0.0399. The third kappa shape index (κ3) is 1.06. The summed E-state index contributed by atoms with van der Waals surface area (Å²) in [4.78, 5) is 0. The van der Waals surface area contributed by atoms with Crippen LogP contribution in [0.5, 0.6) is 0 Å². The first kappa shape index (κ1) is 7.83. The summed E-state index contributed by atoms with van der Waals surface area (Å²) in [6.45, 7) is 1.95. The number of aliphatic hydroxyl groups excluding tert-OH is 1. The first-order chi connectivity index (χ1) is 5.68. The zero-order chi connectivity index (χ0) is 8.72. The first-order valence-corrected chi connectivity index (χ1v) is 4.19. The van der Waals surface area contributed by atoms with Gasteiger partial charge < -0.3 is 15.3 Å². The maximum atomic E-state index is 9.66. The van der Waals surface area contributed by atoms with Crippen molar-refractivity contribution >= 4 is 0 Å². The Morgan fingerprint density at radius 3 is 3.17 bits per heavy atom. The molecular formula is C9H13NO2. The molecule has 0 spiro atoms. The van der Waals surface area contributed by atoms with Crippen LogP contribution in [0, 0.1) is 6.92 Å². The van der Waals surface area contributed by atoms with E-state index in [9.17, 15) is 5.11 Å². The second-order valence-electron chi connectivity index (χ2n) is 3.47. The van der Waals surface area contributed by atoms with E-state index in [-0.39, 0.29) is 6.04 Å². The molecule has 0 radical (unpaired) electrons. The Morgan fingerprint density at radius 1 is 1.67 bits per heavy atom. The van der Waals surface area contributed by atoms with Crippen LogP contribution in [0.1, 0.15) is 29.4 Å². The fourth-order valence-electron chi connectivity index (χ4n) is 1.84. The maximum absolute atomic E-state index is 9.66. The second-order valence-corrected chi connectivity index (χ2v) is 3.47. The van der Waals surface area contributed by atoms with E-state index in [4.69, 9.17) is 10.2 Å². The molecule has 2 rings (SSSR count). The van der Waals surface area contributed by atoms with E-state index >= 15 is 0 Å². The molecule has 3 heteroatoms. The number of hydrogen-bond donors (Lipinski definition) is 2. The highest BCUT2D eigenvalue weighted by Gasteiger charge is 2.27. The standard InChI is InChI=1S/C9H13NO2/c1-5-4-12-8-3-6(10)2-7(11)9(5)8/h4,6-7,11H,2-3,10H2,1H3. The SMILES string of the molecule is Cc1coc2c1C(O)CC(N)C2. The zero-order valence-corrected chi connectivity index (χ0v) is 7.08. The number of rotatable bonds is 0. The summed E-state index contributed by atoms with van der Waals surface area (Å²) in [6.07, 6.45) is 2.65. The fraction of sp³-hybridized carbons (Fsp3) is 0.556. The van der Waals surface area contributed by atoms with Crippen molar-refractivity contribution in [1.29, 1.82) is 0 Å². The number of nitrogens with two attached hydrogens (primary N) is 1. The van der Waals surface area contributed by atoms with Crippen molar-refractivity contribution in [3.8, 4) is 0 Å². The molecule has 3 N–H and O–H groups in total. The largest absolute Gasteiger partial charge is 0.469 e. The molecule has 3 nitrogen and oxygen atoms in total. The topological polar surface area (TPSA) is 59.4 Å². The average molecular weight is 167 g/mol. The van der Waals surface area contributed by atoms with Crippen LogP contribution in [-0.4, -0.2) is 11.1 Å². The Kier molecular flexibility index (Phi) is 1.70. The number of hydrogen-bond acceptors (Lipinski definition) is 3. The number of aliphatic hydroxyl groups is 1. The summed E-state index contributed by atoms with van der Waals surface area (Å²) in [5.41, 5.74) is 7.72. The predicted molar refractivity (Wildman–Crippen MR) is 44.7 cm³/mol. The van der Waals surface area contributed by atoms with E-state index < -0.39 is 6.10 Å². The van der Waals surface area contributed by atoms with Crippen molar-refractivity contribution in [2.75, 3.05) is 0 Å². The number of aryl methyl sites for hydroxylation is 1. The van der Waals surface area contributed by atoms with Gasteiger partial charge in [0.15, 0.2) is 0 Å². The molecule has 1 aromatic rings. The van der Waals surface area contributed by atoms with Gasteiger partial charge in [0.1, 0.15) is 5.76 Å². The summed E-state index contributed by atoms with van der Waals surface area (Å²) < 4.78 is 5.29. The molecule has 0 aromatic carbocycles. The molecule has 0 bridgehead atoms. The lowest BCUT2D eigenvalue weighted by molar-refractivity contribution is 0.143. The van der Waals surface area contributed by atoms with Gasteiger partial charge in [-0.05, 0) is 18.9 Å². The predicted octanol–water partition coefficient (Wildman–Crippen LogP) is 0.895. The van der Waals surface area contributed by atoms with Crippen LogP contribution in [0.4, 0.5) is 0 Å². The highest BCUT2D eigenvalue weighted by Crippen LogP contribution is 2.32. The van der Waals surface area contributed by atoms with E-state index in [0.29, 0.717) is 6.42 Å². The quantitative estimate of drug-likeness (QED) is 0.603. The van der Waals surface area contributed by atoms with Crippen LogP contribution < -0.4 is 5.73 Å². The third-order valence-electron chi connectivity index (χ3n) is 2.41. The number of furan rings is 1. The van der Waals surface area contributed by atoms with Gasteiger partial charge in [0, 0.05) is 18.0 Å². The van der Waals surface area contributed by atoms with Gasteiger partial charge in [-0.2, -0.15) is 0 Å². The van der Waals surface area contributed by atoms with Crippen LogP contribution in [-0.2, 0) is 6.42 Å². The second kappa shape index (κ2) is 2.61. The minimum atomic E-state index is -0.428. The van der Waals surface area contributed by atoms with Gasteiger partial charge in [0.05, 0.1) is 12.4 Å². The van der Waals surface area contributed by atoms with Crippen molar-refractivity contribution in [3.63, 3.8) is 0 Å². The van der Waals surface area contributed by atoms with E-state index in [1.807, 2.05) is 6.92 Å². The van der Waals surface area contributed by atoms with Gasteiger partial charge in [-0.15, -0.1) is 0 Å². The Bertz CT molecular complexity index is 293. The molecule has 0 saturated heterocycles. The van der Waals surface area contributed by atoms with Crippen molar-refractivity contribution in [3.05, 3.63) is 23.2 Å². The Labute approximate surface area is 71.2 Å². The minimum absolute atomic E-state index is 0.0399. The summed E-state index contributed by atoms with van der Waals surface area (Å²) in [7, 11) is 0. The average Bonchev–Trinajstić information content (AvgIpc) is 2.31. The summed E-state index contributed by atoms with van der Waals surface area (Å²) >= 11 is 0. The van der Waals surface area contributed by atoms with Gasteiger partial charge >= 0.3 is 0 Å². The van der Waals surface area contributed by atoms with Crippen LogP contribution >= 0.6 is 0 Å². The molecule has 0 fully saturated rings. The zero-order valence-electron chi connectivity index (χ0n) is 7.08. The smallest absolute Gasteiger partial charge is 0.111 e. The molecule has 1 aromatic heterocycles. The molecule has 1 heterocycles. The van der Waals surface area contributed by atoms with Gasteiger partial charge in [-0.3, -0.25) is 0 Å². The molecule has 0 amide bonds. The van der Waals surface area contributed by atoms with Crippen LogP contribution in [0.3, 0.4) is 0 Å². The van der Waals surface area contributed by atoms with E-state index in [1.54, 1.807) is 6.26 Å². The highest BCUT2D eigenvalue weighted by atomic mass is 16.3. The lowest BCUT2D eigenvalue weighted by Crippen LogP contribution is -2.29. The monoisotopic (exact) mass is 167 g/mol. The summed E-state index contributed by atoms with van der Waals surface area (Å²) in [5, 5.41) is 9.66. The molecule has 2 unspecified atom stereocenters. The van der Waals surface area contributed by atoms with Crippen molar-refractivity contribution in [2.24, 2.45) is 5.73 Å². The molecule has 66 valence electrons. The molecule has 1 aliphatic carbocycles. The molecule has 0 saturated carbocycles. The van der Waals surface area contributed by atoms with Gasteiger partial charge in [0.2, 0.25) is 0 Å². The number of fused-ring (bicyclic) bond motifs is 1. The molecule has 1 aliphatic rings. The lowest BCUT2D eigenvalue weighted by atomic mass is 9.90. The molecule has 2 atom stereocenters. The van der Waals surface area contributed by atoms with E-state index in [0.717, 1.165) is 23.3 Å². The van der Waals surface area contributed by atoms with Crippen LogP contribution in [0.15, 0.2) is 10.7 Å². The van der Waals surface area contributed by atoms with Crippen molar-refractivity contribution < 1.29 is 9.52 Å². The Hall–Kier alpha value is -0.800. The van der Waals surface area contributed by atoms with E-state index in [1.165, 1.54) is 0 Å². The lowest BCUT2D eigenvalue weighted by Gasteiger charge is -2.22. The Morgan fingerprint density at radius 2 is 2.42 bits per heavy atom. The minimum Gasteiger partial charge on any atom is -0.469 e. The molecule has 0 aliphatic heterocycles. The van der Waals surface area contributed by atoms with Crippen molar-refractivity contribution in [1.82, 2.24) is 0 Å². The van der Waals surface area contributed by atoms with Gasteiger partial charge in [0.25, 0.3) is 0 Å². The first-order valence-electron chi connectivity index (χ1n) is 4.19. The highest BCUT2D eigenvalue weighted by molar-refractivity contribution is 5.31.